The number of fused-ring (bicyclic) bond motifs is 1. The monoisotopic (exact) mass is 477 g/mol. The van der Waals surface area contributed by atoms with Gasteiger partial charge in [0.25, 0.3) is 5.91 Å². The van der Waals surface area contributed by atoms with E-state index in [2.05, 4.69) is 42.0 Å². The van der Waals surface area contributed by atoms with E-state index in [-0.39, 0.29) is 11.3 Å². The molecule has 7 nitrogen and oxygen atoms in total. The lowest BCUT2D eigenvalue weighted by atomic mass is 10.1. The molecule has 1 N–H and O–H groups in total. The molecule has 0 unspecified atom stereocenters. The Kier molecular flexibility index (Phi) is 5.77. The molecule has 0 aliphatic carbocycles. The average Bonchev–Trinajstić information content (AvgIpc) is 3.29. The zero-order valence-corrected chi connectivity index (χ0v) is 18.2. The molecule has 0 atom stereocenters. The number of hydrogen-bond donors (Lipinski definition) is 1. The Hall–Kier alpha value is -4.47. The van der Waals surface area contributed by atoms with Crippen molar-refractivity contribution in [2.45, 2.75) is 19.5 Å². The number of nitrogens with one attached hydrogen (secondary N) is 1. The maximum Gasteiger partial charge on any atom is 0.573 e. The van der Waals surface area contributed by atoms with Gasteiger partial charge in [-0.05, 0) is 41.5 Å². The van der Waals surface area contributed by atoms with Gasteiger partial charge in [-0.3, -0.25) is 4.79 Å². The number of amides is 1. The number of halogens is 3. The van der Waals surface area contributed by atoms with Crippen LogP contribution in [-0.4, -0.2) is 27.2 Å². The van der Waals surface area contributed by atoms with Crippen molar-refractivity contribution >= 4 is 17.4 Å². The zero-order valence-electron chi connectivity index (χ0n) is 18.2. The van der Waals surface area contributed by atoms with E-state index in [9.17, 15) is 18.0 Å². The van der Waals surface area contributed by atoms with Crippen LogP contribution < -0.4 is 15.0 Å². The number of hydrogen-bond acceptors (Lipinski definition) is 6. The first-order chi connectivity index (χ1) is 16.9. The van der Waals surface area contributed by atoms with Crippen LogP contribution in [0.3, 0.4) is 0 Å². The third kappa shape index (κ3) is 5.06. The van der Waals surface area contributed by atoms with Crippen molar-refractivity contribution in [3.05, 3.63) is 96.2 Å². The van der Waals surface area contributed by atoms with E-state index in [1.165, 1.54) is 35.8 Å². The van der Waals surface area contributed by atoms with Crippen molar-refractivity contribution in [3.63, 3.8) is 0 Å². The molecule has 5 rings (SSSR count). The molecule has 0 spiro atoms. The number of carbonyl (C=O) groups excluding carboxylic acids is 1. The lowest BCUT2D eigenvalue weighted by molar-refractivity contribution is -0.274. The number of carbonyl (C=O) groups is 1. The molecule has 1 amide bonds. The standard InChI is InChI=1S/C25H18F3N5O2/c26-25(27,28)35-21-7-5-20(6-8-21)32-24(34)18-9-22(19-10-29-15-30-11-19)23(31-12-18)33-13-16-3-1-2-4-17(16)14-33/h1-12,15H,13-14H2,(H,32,34). The Morgan fingerprint density at radius 2 is 1.60 bits per heavy atom. The smallest absolute Gasteiger partial charge is 0.406 e. The molecule has 0 bridgehead atoms. The van der Waals surface area contributed by atoms with Crippen LogP contribution in [0.2, 0.25) is 0 Å². The van der Waals surface area contributed by atoms with Gasteiger partial charge in [-0.25, -0.2) is 15.0 Å². The quantitative estimate of drug-likeness (QED) is 0.425. The molecule has 35 heavy (non-hydrogen) atoms. The molecule has 1 aliphatic heterocycles. The molecule has 0 saturated carbocycles. The molecule has 10 heteroatoms. The first-order valence-corrected chi connectivity index (χ1v) is 10.6. The summed E-state index contributed by atoms with van der Waals surface area (Å²) in [5.74, 6) is -0.142. The lowest BCUT2D eigenvalue weighted by Crippen LogP contribution is -2.19. The highest BCUT2D eigenvalue weighted by Crippen LogP contribution is 2.34. The van der Waals surface area contributed by atoms with Crippen LogP contribution in [0, 0.1) is 0 Å². The zero-order chi connectivity index (χ0) is 24.4. The fourth-order valence-corrected chi connectivity index (χ4v) is 3.91. The van der Waals surface area contributed by atoms with Crippen LogP contribution in [0.15, 0.2) is 79.5 Å². The Labute approximate surface area is 198 Å². The minimum atomic E-state index is -4.79. The Bertz CT molecular complexity index is 1340. The summed E-state index contributed by atoms with van der Waals surface area (Å²) in [6, 6.07) is 14.8. The maximum absolute atomic E-state index is 12.9. The molecule has 3 heterocycles. The first-order valence-electron chi connectivity index (χ1n) is 10.6. The third-order valence-corrected chi connectivity index (χ3v) is 5.49. The molecular formula is C25H18F3N5O2. The van der Waals surface area contributed by atoms with Crippen molar-refractivity contribution in [2.24, 2.45) is 0 Å². The highest BCUT2D eigenvalue weighted by atomic mass is 19.4. The summed E-state index contributed by atoms with van der Waals surface area (Å²) < 4.78 is 40.9. The van der Waals surface area contributed by atoms with Crippen LogP contribution in [0.25, 0.3) is 11.1 Å². The van der Waals surface area contributed by atoms with Gasteiger partial charge < -0.3 is 15.0 Å². The normalized spacial score (nSPS) is 12.8. The fraction of sp³-hybridized carbons (Fsp3) is 0.120. The summed E-state index contributed by atoms with van der Waals surface area (Å²) >= 11 is 0. The summed E-state index contributed by atoms with van der Waals surface area (Å²) in [6.45, 7) is 1.36. The molecule has 1 aliphatic rings. The van der Waals surface area contributed by atoms with Gasteiger partial charge in [0.15, 0.2) is 0 Å². The maximum atomic E-state index is 12.9. The molecular weight excluding hydrogens is 459 g/mol. The minimum absolute atomic E-state index is 0.278. The van der Waals surface area contributed by atoms with E-state index >= 15 is 0 Å². The fourth-order valence-electron chi connectivity index (χ4n) is 3.91. The first kappa shape index (κ1) is 22.3. The van der Waals surface area contributed by atoms with Crippen LogP contribution in [-0.2, 0) is 13.1 Å². The summed E-state index contributed by atoms with van der Waals surface area (Å²) in [4.78, 5) is 27.8. The number of ether oxygens (including phenoxy) is 1. The van der Waals surface area contributed by atoms with E-state index in [0.717, 1.165) is 12.1 Å². The Morgan fingerprint density at radius 1 is 0.943 bits per heavy atom. The number of anilines is 2. The Morgan fingerprint density at radius 3 is 2.23 bits per heavy atom. The van der Waals surface area contributed by atoms with Crippen molar-refractivity contribution in [1.82, 2.24) is 15.0 Å². The van der Waals surface area contributed by atoms with Gasteiger partial charge >= 0.3 is 6.36 Å². The predicted molar refractivity (Wildman–Crippen MR) is 123 cm³/mol. The second kappa shape index (κ2) is 9.05. The molecule has 2 aromatic heterocycles. The number of pyridine rings is 1. The van der Waals surface area contributed by atoms with E-state index < -0.39 is 12.3 Å². The van der Waals surface area contributed by atoms with Gasteiger partial charge in [0.2, 0.25) is 0 Å². The van der Waals surface area contributed by atoms with Crippen LogP contribution in [0.1, 0.15) is 21.5 Å². The van der Waals surface area contributed by atoms with E-state index in [1.54, 1.807) is 18.5 Å². The second-order valence-corrected chi connectivity index (χ2v) is 7.87. The highest BCUT2D eigenvalue weighted by molar-refractivity contribution is 6.05. The number of nitrogens with zero attached hydrogens (tertiary/aromatic N) is 4. The largest absolute Gasteiger partial charge is 0.573 e. The van der Waals surface area contributed by atoms with Crippen LogP contribution in [0.4, 0.5) is 24.7 Å². The van der Waals surface area contributed by atoms with Crippen LogP contribution >= 0.6 is 0 Å². The van der Waals surface area contributed by atoms with E-state index in [1.807, 2.05) is 12.1 Å². The molecule has 0 saturated heterocycles. The number of rotatable bonds is 5. The van der Waals surface area contributed by atoms with Gasteiger partial charge in [0.1, 0.15) is 17.9 Å². The predicted octanol–water partition coefficient (Wildman–Crippen LogP) is 5.21. The molecule has 176 valence electrons. The number of benzene rings is 2. The summed E-state index contributed by atoms with van der Waals surface area (Å²) in [6.07, 6.45) is 1.41. The number of alkyl halides is 3. The minimum Gasteiger partial charge on any atom is -0.406 e. The van der Waals surface area contributed by atoms with Crippen LogP contribution in [0.5, 0.6) is 5.75 Å². The van der Waals surface area contributed by atoms with E-state index in [0.29, 0.717) is 35.7 Å². The average molecular weight is 477 g/mol. The molecule has 4 aromatic rings. The second-order valence-electron chi connectivity index (χ2n) is 7.87. The SMILES string of the molecule is O=C(Nc1ccc(OC(F)(F)F)cc1)c1cnc(N2Cc3ccccc3C2)c(-c2cncnc2)c1. The van der Waals surface area contributed by atoms with Crippen molar-refractivity contribution in [3.8, 4) is 16.9 Å². The van der Waals surface area contributed by atoms with E-state index in [4.69, 9.17) is 0 Å². The van der Waals surface area contributed by atoms with Gasteiger partial charge in [0.05, 0.1) is 5.56 Å². The van der Waals surface area contributed by atoms with Crippen molar-refractivity contribution in [2.75, 3.05) is 10.2 Å². The highest BCUT2D eigenvalue weighted by Gasteiger charge is 2.31. The Balaban J connectivity index is 1.41. The van der Waals surface area contributed by atoms with Gasteiger partial charge in [0, 0.05) is 48.5 Å². The topological polar surface area (TPSA) is 80.2 Å². The summed E-state index contributed by atoms with van der Waals surface area (Å²) in [5, 5.41) is 2.67. The molecule has 0 fully saturated rings. The third-order valence-electron chi connectivity index (χ3n) is 5.49. The summed E-state index contributed by atoms with van der Waals surface area (Å²) in [7, 11) is 0. The molecule has 2 aromatic carbocycles. The van der Waals surface area contributed by atoms with Gasteiger partial charge in [-0.15, -0.1) is 13.2 Å². The van der Waals surface area contributed by atoms with Crippen molar-refractivity contribution in [1.29, 1.82) is 0 Å². The van der Waals surface area contributed by atoms with Crippen molar-refractivity contribution < 1.29 is 22.7 Å². The molecule has 0 radical (unpaired) electrons. The lowest BCUT2D eigenvalue weighted by Gasteiger charge is -2.21. The summed E-state index contributed by atoms with van der Waals surface area (Å²) in [5.41, 5.74) is 4.41. The van der Waals surface area contributed by atoms with Gasteiger partial charge in [-0.1, -0.05) is 24.3 Å². The van der Waals surface area contributed by atoms with Gasteiger partial charge in [-0.2, -0.15) is 0 Å². The number of aromatic nitrogens is 3.